The predicted octanol–water partition coefficient (Wildman–Crippen LogP) is 2.64. The Morgan fingerprint density at radius 2 is 1.67 bits per heavy atom. The third kappa shape index (κ3) is 2.19. The molecule has 0 saturated heterocycles. The summed E-state index contributed by atoms with van der Waals surface area (Å²) in [7, 11) is 0. The van der Waals surface area contributed by atoms with Crippen LogP contribution in [-0.4, -0.2) is 6.29 Å². The lowest BCUT2D eigenvalue weighted by Gasteiger charge is -1.66. The fourth-order valence-corrected chi connectivity index (χ4v) is 1.72. The Balaban J connectivity index is 0.000000115. The van der Waals surface area contributed by atoms with Crippen LogP contribution in [0.5, 0.6) is 0 Å². The summed E-state index contributed by atoms with van der Waals surface area (Å²) >= 11 is 1.45. The van der Waals surface area contributed by atoms with E-state index in [9.17, 15) is 9.59 Å². The van der Waals surface area contributed by atoms with Crippen LogP contribution in [0.4, 0.5) is 0 Å². The molecule has 0 fully saturated rings. The normalized spacial score (nSPS) is 9.87. The zero-order chi connectivity index (χ0) is 10.7. The van der Waals surface area contributed by atoms with Crippen LogP contribution in [0.25, 0.3) is 10.8 Å². The van der Waals surface area contributed by atoms with Gasteiger partial charge in [-0.15, -0.1) is 11.3 Å². The van der Waals surface area contributed by atoms with Gasteiger partial charge in [-0.25, -0.2) is 0 Å². The van der Waals surface area contributed by atoms with Gasteiger partial charge >= 0.3 is 0 Å². The minimum atomic E-state index is 0.218. The predicted molar refractivity (Wildman–Crippen MR) is 62.3 cm³/mol. The molecule has 0 aliphatic rings. The van der Waals surface area contributed by atoms with Crippen molar-refractivity contribution in [3.05, 3.63) is 56.9 Å². The van der Waals surface area contributed by atoms with Crippen LogP contribution in [0.3, 0.4) is 0 Å². The summed E-state index contributed by atoms with van der Waals surface area (Å²) in [5.41, 5.74) is 0.218. The van der Waals surface area contributed by atoms with E-state index in [1.54, 1.807) is 6.07 Å². The van der Waals surface area contributed by atoms with E-state index in [1.807, 2.05) is 35.7 Å². The molecule has 2 nitrogen and oxygen atoms in total. The van der Waals surface area contributed by atoms with Crippen molar-refractivity contribution in [1.82, 2.24) is 0 Å². The second kappa shape index (κ2) is 4.19. The molecule has 3 rings (SSSR count). The number of carbonyl (C=O) groups excluding carboxylic acids is 1. The molecule has 0 aliphatic carbocycles. The fraction of sp³-hybridized carbons (Fsp3) is 0. The highest BCUT2D eigenvalue weighted by Gasteiger charge is 2.07. The molecule has 0 saturated carbocycles. The molecule has 0 unspecified atom stereocenters. The van der Waals surface area contributed by atoms with E-state index in [0.717, 1.165) is 21.9 Å². The van der Waals surface area contributed by atoms with Gasteiger partial charge < -0.3 is 0 Å². The van der Waals surface area contributed by atoms with Gasteiger partial charge in [0.2, 0.25) is 0 Å². The van der Waals surface area contributed by atoms with Gasteiger partial charge in [-0.1, -0.05) is 30.3 Å². The van der Waals surface area contributed by atoms with E-state index in [2.05, 4.69) is 0 Å². The van der Waals surface area contributed by atoms with Crippen LogP contribution in [-0.2, 0) is 0 Å². The largest absolute Gasteiger partial charge is 0.297 e. The van der Waals surface area contributed by atoms with Crippen LogP contribution in [0.1, 0.15) is 9.67 Å². The second-order valence-corrected chi connectivity index (χ2v) is 3.99. The Labute approximate surface area is 90.5 Å². The summed E-state index contributed by atoms with van der Waals surface area (Å²) in [6.07, 6.45) is 0.852. The van der Waals surface area contributed by atoms with Gasteiger partial charge in [0.1, 0.15) is 0 Å². The van der Waals surface area contributed by atoms with E-state index in [4.69, 9.17) is 0 Å². The van der Waals surface area contributed by atoms with Crippen molar-refractivity contribution in [2.45, 2.75) is 0 Å². The van der Waals surface area contributed by atoms with E-state index in [1.165, 1.54) is 11.3 Å². The van der Waals surface area contributed by atoms with Gasteiger partial charge in [-0.2, -0.15) is 0 Å². The van der Waals surface area contributed by atoms with E-state index < -0.39 is 0 Å². The number of aldehydes is 1. The van der Waals surface area contributed by atoms with Crippen LogP contribution < -0.4 is 5.43 Å². The number of benzene rings is 1. The Bertz CT molecular complexity index is 541. The van der Waals surface area contributed by atoms with E-state index >= 15 is 0 Å². The molecular formula is C12H8O2S. The van der Waals surface area contributed by atoms with Crippen LogP contribution in [0.2, 0.25) is 0 Å². The Morgan fingerprint density at radius 3 is 2.00 bits per heavy atom. The second-order valence-electron chi connectivity index (χ2n) is 3.01. The number of fused-ring (bicyclic) bond motifs is 1. The molecule has 2 aromatic carbocycles. The molecule has 0 radical (unpaired) electrons. The lowest BCUT2D eigenvalue weighted by Crippen LogP contribution is -1.66. The number of hydrogen-bond donors (Lipinski definition) is 0. The van der Waals surface area contributed by atoms with Gasteiger partial charge in [0, 0.05) is 10.8 Å². The maximum Gasteiger partial charge on any atom is 0.194 e. The summed E-state index contributed by atoms with van der Waals surface area (Å²) in [6.45, 7) is 0. The third-order valence-electron chi connectivity index (χ3n) is 2.01. The number of thiophene rings is 1. The minimum Gasteiger partial charge on any atom is -0.297 e. The average Bonchev–Trinajstić information content (AvgIpc) is 2.74. The minimum absolute atomic E-state index is 0.218. The SMILES string of the molecule is O=Cc1cccs1.O=c1c2ccccc12. The first kappa shape index (κ1) is 9.80. The van der Waals surface area contributed by atoms with Crippen LogP contribution >= 0.6 is 11.3 Å². The first-order chi connectivity index (χ1) is 7.33. The molecule has 0 atom stereocenters. The highest BCUT2D eigenvalue weighted by molar-refractivity contribution is 7.11. The Kier molecular flexibility index (Phi) is 2.74. The van der Waals surface area contributed by atoms with Crippen molar-refractivity contribution in [3.8, 4) is 0 Å². The number of carbonyl (C=O) groups is 1. The van der Waals surface area contributed by atoms with Crippen molar-refractivity contribution in [2.24, 2.45) is 0 Å². The molecule has 0 bridgehead atoms. The highest BCUT2D eigenvalue weighted by Crippen LogP contribution is 2.11. The van der Waals surface area contributed by atoms with Gasteiger partial charge in [-0.05, 0) is 11.4 Å². The van der Waals surface area contributed by atoms with Gasteiger partial charge in [-0.3, -0.25) is 9.59 Å². The first-order valence-electron chi connectivity index (χ1n) is 4.45. The summed E-state index contributed by atoms with van der Waals surface area (Å²) in [6, 6.07) is 11.1. The number of hydrogen-bond acceptors (Lipinski definition) is 3. The maximum absolute atomic E-state index is 10.5. The van der Waals surface area contributed by atoms with Crippen molar-refractivity contribution in [3.63, 3.8) is 0 Å². The molecule has 15 heavy (non-hydrogen) atoms. The van der Waals surface area contributed by atoms with Gasteiger partial charge in [0.25, 0.3) is 0 Å². The molecular weight excluding hydrogens is 208 g/mol. The van der Waals surface area contributed by atoms with Crippen molar-refractivity contribution >= 4 is 28.4 Å². The Morgan fingerprint density at radius 1 is 1.00 bits per heavy atom. The smallest absolute Gasteiger partial charge is 0.194 e. The summed E-state index contributed by atoms with van der Waals surface area (Å²) in [5.74, 6) is 0. The quantitative estimate of drug-likeness (QED) is 0.586. The average molecular weight is 216 g/mol. The Hall–Kier alpha value is -1.74. The first-order valence-corrected chi connectivity index (χ1v) is 5.33. The van der Waals surface area contributed by atoms with E-state index in [-0.39, 0.29) is 5.43 Å². The third-order valence-corrected chi connectivity index (χ3v) is 2.81. The lowest BCUT2D eigenvalue weighted by molar-refractivity contribution is 0.112. The van der Waals surface area contributed by atoms with Gasteiger partial charge in [0.05, 0.1) is 4.88 Å². The topological polar surface area (TPSA) is 34.1 Å². The zero-order valence-corrected chi connectivity index (χ0v) is 8.66. The molecule has 3 heteroatoms. The zero-order valence-electron chi connectivity index (χ0n) is 7.84. The molecule has 74 valence electrons. The molecule has 0 N–H and O–H groups in total. The van der Waals surface area contributed by atoms with Crippen molar-refractivity contribution in [2.75, 3.05) is 0 Å². The summed E-state index contributed by atoms with van der Waals surface area (Å²) < 4.78 is 0. The maximum atomic E-state index is 10.5. The fourth-order valence-electron chi connectivity index (χ4n) is 1.19. The van der Waals surface area contributed by atoms with Gasteiger partial charge in [0.15, 0.2) is 11.7 Å². The van der Waals surface area contributed by atoms with E-state index in [0.29, 0.717) is 0 Å². The molecule has 0 spiro atoms. The monoisotopic (exact) mass is 216 g/mol. The molecule has 3 aromatic rings. The van der Waals surface area contributed by atoms with Crippen LogP contribution in [0, 0.1) is 0 Å². The lowest BCUT2D eigenvalue weighted by atomic mass is 10.4. The summed E-state index contributed by atoms with van der Waals surface area (Å²) in [4.78, 5) is 21.2. The van der Waals surface area contributed by atoms with Crippen molar-refractivity contribution in [1.29, 1.82) is 0 Å². The number of rotatable bonds is 1. The standard InChI is InChI=1S/C7H4O.C5H4OS/c8-7-5-3-1-2-4-6(5)7;6-4-5-2-1-3-7-5/h1-4H;1-4H. The molecule has 1 aromatic heterocycles. The summed E-state index contributed by atoms with van der Waals surface area (Å²) in [5, 5.41) is 3.67. The van der Waals surface area contributed by atoms with Crippen molar-refractivity contribution < 1.29 is 4.79 Å². The van der Waals surface area contributed by atoms with Crippen LogP contribution in [0.15, 0.2) is 46.6 Å². The highest BCUT2D eigenvalue weighted by atomic mass is 32.1. The molecule has 0 aliphatic heterocycles. The molecule has 1 heterocycles. The molecule has 0 amide bonds.